The SMILES string of the molecule is CC1(CN2CCN(c3ccnc(-c4cnc5ccc(C(F)(F)F)cn45)n3)CC2C2CNNC2)CC1. The molecule has 0 spiro atoms. The number of piperazine rings is 1. The van der Waals surface area contributed by atoms with Crippen molar-refractivity contribution in [2.24, 2.45) is 11.3 Å². The summed E-state index contributed by atoms with van der Waals surface area (Å²) in [6.07, 6.45) is 2.42. The number of fused-ring (bicyclic) bond motifs is 1. The van der Waals surface area contributed by atoms with Gasteiger partial charge >= 0.3 is 6.18 Å². The number of nitrogens with zero attached hydrogens (tertiary/aromatic N) is 6. The minimum atomic E-state index is -4.44. The first-order chi connectivity index (χ1) is 16.8. The number of aromatic nitrogens is 4. The number of hydrazine groups is 1. The van der Waals surface area contributed by atoms with E-state index in [1.807, 2.05) is 6.07 Å². The molecule has 11 heteroatoms. The smallest absolute Gasteiger partial charge is 0.354 e. The number of halogens is 3. The fourth-order valence-corrected chi connectivity index (χ4v) is 5.27. The largest absolute Gasteiger partial charge is 0.417 e. The summed E-state index contributed by atoms with van der Waals surface area (Å²) in [6, 6.07) is 4.68. The van der Waals surface area contributed by atoms with E-state index in [1.54, 1.807) is 6.20 Å². The van der Waals surface area contributed by atoms with Crippen LogP contribution in [-0.4, -0.2) is 69.6 Å². The van der Waals surface area contributed by atoms with Crippen LogP contribution in [0.25, 0.3) is 17.2 Å². The summed E-state index contributed by atoms with van der Waals surface area (Å²) in [5.74, 6) is 1.65. The van der Waals surface area contributed by atoms with Gasteiger partial charge in [-0.05, 0) is 36.5 Å². The lowest BCUT2D eigenvalue weighted by Gasteiger charge is -2.45. The number of anilines is 1. The monoisotopic (exact) mass is 486 g/mol. The van der Waals surface area contributed by atoms with Gasteiger partial charge in [-0.15, -0.1) is 0 Å². The lowest BCUT2D eigenvalue weighted by Crippen LogP contribution is -2.58. The summed E-state index contributed by atoms with van der Waals surface area (Å²) in [6.45, 7) is 8.03. The van der Waals surface area contributed by atoms with Gasteiger partial charge in [0.1, 0.15) is 17.2 Å². The van der Waals surface area contributed by atoms with Gasteiger partial charge in [0.15, 0.2) is 5.82 Å². The number of hydrogen-bond acceptors (Lipinski definition) is 7. The van der Waals surface area contributed by atoms with Gasteiger partial charge in [0.2, 0.25) is 0 Å². The molecule has 2 aliphatic heterocycles. The van der Waals surface area contributed by atoms with E-state index < -0.39 is 11.7 Å². The van der Waals surface area contributed by atoms with Gasteiger partial charge in [0.05, 0.1) is 11.8 Å². The number of hydrogen-bond donors (Lipinski definition) is 2. The molecule has 1 atom stereocenters. The van der Waals surface area contributed by atoms with E-state index in [1.165, 1.54) is 29.5 Å². The van der Waals surface area contributed by atoms with Crippen LogP contribution in [0, 0.1) is 11.3 Å². The minimum Gasteiger partial charge on any atom is -0.354 e. The van der Waals surface area contributed by atoms with Crippen LogP contribution < -0.4 is 15.8 Å². The highest BCUT2D eigenvalue weighted by Crippen LogP contribution is 2.46. The average Bonchev–Trinajstić information content (AvgIpc) is 3.23. The third kappa shape index (κ3) is 4.48. The molecule has 2 saturated heterocycles. The lowest BCUT2D eigenvalue weighted by molar-refractivity contribution is -0.137. The molecule has 3 aliphatic rings. The minimum absolute atomic E-state index is 0.364. The van der Waals surface area contributed by atoms with Gasteiger partial charge in [-0.1, -0.05) is 6.92 Å². The Labute approximate surface area is 201 Å². The Morgan fingerprint density at radius 2 is 1.89 bits per heavy atom. The van der Waals surface area contributed by atoms with E-state index in [0.29, 0.717) is 34.5 Å². The number of alkyl halides is 3. The summed E-state index contributed by atoms with van der Waals surface area (Å²) in [5, 5.41) is 0. The van der Waals surface area contributed by atoms with Gasteiger partial charge in [0.25, 0.3) is 0 Å². The number of imidazole rings is 1. The lowest BCUT2D eigenvalue weighted by atomic mass is 9.95. The van der Waals surface area contributed by atoms with Crippen molar-refractivity contribution in [1.29, 1.82) is 0 Å². The topological polar surface area (TPSA) is 73.6 Å². The molecule has 0 aromatic carbocycles. The fourth-order valence-electron chi connectivity index (χ4n) is 5.27. The zero-order chi connectivity index (χ0) is 24.2. The highest BCUT2D eigenvalue weighted by atomic mass is 19.4. The molecule has 1 aliphatic carbocycles. The number of nitrogens with one attached hydrogen (secondary N) is 2. The van der Waals surface area contributed by atoms with Crippen molar-refractivity contribution in [2.45, 2.75) is 32.0 Å². The van der Waals surface area contributed by atoms with Crippen LogP contribution in [0.2, 0.25) is 0 Å². The molecule has 3 aromatic rings. The van der Waals surface area contributed by atoms with Crippen molar-refractivity contribution in [1.82, 2.24) is 35.1 Å². The average molecular weight is 487 g/mol. The van der Waals surface area contributed by atoms with Crippen LogP contribution in [0.3, 0.4) is 0 Å². The second kappa shape index (κ2) is 8.42. The van der Waals surface area contributed by atoms with Gasteiger partial charge in [0, 0.05) is 63.6 Å². The summed E-state index contributed by atoms with van der Waals surface area (Å²) in [5.41, 5.74) is 7.12. The first-order valence-electron chi connectivity index (χ1n) is 12.1. The first kappa shape index (κ1) is 22.7. The molecule has 8 nitrogen and oxygen atoms in total. The van der Waals surface area contributed by atoms with Crippen molar-refractivity contribution >= 4 is 11.5 Å². The van der Waals surface area contributed by atoms with Crippen molar-refractivity contribution in [3.8, 4) is 11.5 Å². The van der Waals surface area contributed by atoms with Crippen molar-refractivity contribution in [2.75, 3.05) is 44.2 Å². The molecule has 6 rings (SSSR count). The third-order valence-electron chi connectivity index (χ3n) is 7.65. The molecule has 1 saturated carbocycles. The van der Waals surface area contributed by atoms with E-state index in [9.17, 15) is 13.2 Å². The predicted octanol–water partition coefficient (Wildman–Crippen LogP) is 2.82. The molecule has 1 unspecified atom stereocenters. The molecule has 186 valence electrons. The normalized spacial score (nSPS) is 23.3. The third-order valence-corrected chi connectivity index (χ3v) is 7.65. The second-order valence-electron chi connectivity index (χ2n) is 10.3. The number of rotatable bonds is 5. The maximum Gasteiger partial charge on any atom is 0.417 e. The van der Waals surface area contributed by atoms with Gasteiger partial charge in [-0.3, -0.25) is 20.2 Å². The quantitative estimate of drug-likeness (QED) is 0.575. The van der Waals surface area contributed by atoms with Gasteiger partial charge < -0.3 is 4.90 Å². The summed E-state index contributed by atoms with van der Waals surface area (Å²) in [7, 11) is 0. The van der Waals surface area contributed by atoms with Crippen molar-refractivity contribution < 1.29 is 13.2 Å². The van der Waals surface area contributed by atoms with Crippen molar-refractivity contribution in [3.05, 3.63) is 42.4 Å². The van der Waals surface area contributed by atoms with Crippen LogP contribution in [-0.2, 0) is 6.18 Å². The summed E-state index contributed by atoms with van der Waals surface area (Å²) >= 11 is 0. The molecule has 3 fully saturated rings. The van der Waals surface area contributed by atoms with Crippen LogP contribution in [0.1, 0.15) is 25.3 Å². The predicted molar refractivity (Wildman–Crippen MR) is 126 cm³/mol. The molecule has 0 radical (unpaired) electrons. The van der Waals surface area contributed by atoms with E-state index in [-0.39, 0.29) is 0 Å². The van der Waals surface area contributed by atoms with E-state index >= 15 is 0 Å². The van der Waals surface area contributed by atoms with E-state index in [0.717, 1.165) is 57.3 Å². The molecular weight excluding hydrogens is 457 g/mol. The fraction of sp³-hybridized carbons (Fsp3) is 0.542. The summed E-state index contributed by atoms with van der Waals surface area (Å²) < 4.78 is 41.3. The molecule has 0 bridgehead atoms. The highest BCUT2D eigenvalue weighted by Gasteiger charge is 2.43. The Hall–Kier alpha value is -2.76. The van der Waals surface area contributed by atoms with Crippen LogP contribution >= 0.6 is 0 Å². The van der Waals surface area contributed by atoms with Crippen LogP contribution in [0.15, 0.2) is 36.8 Å². The first-order valence-corrected chi connectivity index (χ1v) is 12.1. The second-order valence-corrected chi connectivity index (χ2v) is 10.3. The highest BCUT2D eigenvalue weighted by molar-refractivity contribution is 5.59. The Bertz CT molecular complexity index is 1210. The van der Waals surface area contributed by atoms with Crippen LogP contribution in [0.4, 0.5) is 19.0 Å². The molecule has 3 aromatic heterocycles. The zero-order valence-corrected chi connectivity index (χ0v) is 19.6. The Morgan fingerprint density at radius 1 is 1.09 bits per heavy atom. The standard InChI is InChI=1S/C24H29F3N8/c1-23(5-6-23)15-34-9-8-33(14-19(34)16-10-30-31-11-16)21-4-7-28-22(32-21)18-12-29-20-3-2-17(13-35(18)20)24(25,26)27/h2-4,7,12-13,16,19,30-31H,5-6,8-11,14-15H2,1H3. The van der Waals surface area contributed by atoms with Crippen LogP contribution in [0.5, 0.6) is 0 Å². The Balaban J connectivity index is 1.28. The molecular formula is C24H29F3N8. The molecule has 0 amide bonds. The van der Waals surface area contributed by atoms with Gasteiger partial charge in [-0.2, -0.15) is 13.2 Å². The zero-order valence-electron chi connectivity index (χ0n) is 19.6. The molecule has 35 heavy (non-hydrogen) atoms. The van der Waals surface area contributed by atoms with Crippen molar-refractivity contribution in [3.63, 3.8) is 0 Å². The van der Waals surface area contributed by atoms with E-state index in [2.05, 4.69) is 37.5 Å². The summed E-state index contributed by atoms with van der Waals surface area (Å²) in [4.78, 5) is 18.3. The Kier molecular flexibility index (Phi) is 5.46. The van der Waals surface area contributed by atoms with E-state index in [4.69, 9.17) is 4.98 Å². The number of pyridine rings is 1. The Morgan fingerprint density at radius 3 is 2.63 bits per heavy atom. The molecule has 2 N–H and O–H groups in total. The molecule has 5 heterocycles. The maximum absolute atomic E-state index is 13.3. The van der Waals surface area contributed by atoms with Gasteiger partial charge in [-0.25, -0.2) is 15.0 Å². The maximum atomic E-state index is 13.3.